The molecule has 0 radical (unpaired) electrons. The number of hydrogen-bond acceptors (Lipinski definition) is 14. The van der Waals surface area contributed by atoms with E-state index in [1.807, 2.05) is 30.3 Å². The number of amides is 2. The summed E-state index contributed by atoms with van der Waals surface area (Å²) in [5.74, 6) is 1.37. The van der Waals surface area contributed by atoms with Crippen molar-refractivity contribution >= 4 is 49.2 Å². The molecular weight excluding hydrogens is 1040 g/mol. The Morgan fingerprint density at radius 1 is 0.731 bits per heavy atom. The highest BCUT2D eigenvalue weighted by Crippen LogP contribution is 2.44. The van der Waals surface area contributed by atoms with Crippen LogP contribution in [0.2, 0.25) is 0 Å². The Morgan fingerprint density at radius 2 is 1.32 bits per heavy atom. The standard InChI is InChI=1S/C54H59N11O11S2/c1-54(2,29-28-34-10-7-6-8-11-34)49(44(58-53(68)69)30-56-52(66)67)62-77(70,71)45-27-26-41(42-12-9-13-43-47(42)59-51(55)57-43)46(50-60-63-65(61-50)33-37-18-24-40(76-5)25-19-37)48(45)78(72,73)64(31-35-14-20-38(74-3)21-15-35)32-36-16-22-39(75-4)23-17-36/h6-27,44,49,56,58,62H,28-33H2,1-5H3,(H,66,67)(H,68,69)(H3,55,57,59)/t44-,49+/m0/s1. The molecule has 22 nitrogen and oxygen atoms in total. The van der Waals surface area contributed by atoms with Gasteiger partial charge in [0.05, 0.1) is 50.5 Å². The van der Waals surface area contributed by atoms with Crippen molar-refractivity contribution in [2.75, 3.05) is 33.6 Å². The van der Waals surface area contributed by atoms with E-state index >= 15 is 16.8 Å². The summed E-state index contributed by atoms with van der Waals surface area (Å²) in [4.78, 5) is 31.8. The number of aryl methyl sites for hydroxylation is 1. The van der Waals surface area contributed by atoms with Crippen LogP contribution in [0.4, 0.5) is 15.5 Å². The van der Waals surface area contributed by atoms with Gasteiger partial charge in [0.25, 0.3) is 0 Å². The van der Waals surface area contributed by atoms with Crippen molar-refractivity contribution in [1.82, 2.24) is 49.8 Å². The first-order chi connectivity index (χ1) is 37.3. The van der Waals surface area contributed by atoms with E-state index in [9.17, 15) is 19.8 Å². The minimum absolute atomic E-state index is 0.0442. The highest BCUT2D eigenvalue weighted by Gasteiger charge is 2.43. The number of nitrogens with two attached hydrogens (primary N) is 1. The number of anilines is 1. The van der Waals surface area contributed by atoms with Gasteiger partial charge in [0.15, 0.2) is 5.95 Å². The number of H-pyrrole nitrogens is 1. The van der Waals surface area contributed by atoms with Gasteiger partial charge in [-0.25, -0.2) is 36.1 Å². The predicted octanol–water partition coefficient (Wildman–Crippen LogP) is 7.14. The molecule has 0 saturated carbocycles. The number of benzene rings is 6. The molecule has 2 atom stereocenters. The zero-order valence-electron chi connectivity index (χ0n) is 43.2. The Morgan fingerprint density at radius 3 is 1.88 bits per heavy atom. The molecule has 0 aliphatic rings. The number of aromatic nitrogens is 6. The third kappa shape index (κ3) is 13.0. The van der Waals surface area contributed by atoms with Crippen LogP contribution in [0.1, 0.15) is 42.5 Å². The minimum Gasteiger partial charge on any atom is -0.497 e. The van der Waals surface area contributed by atoms with Gasteiger partial charge in [-0.05, 0) is 99.8 Å². The van der Waals surface area contributed by atoms with Gasteiger partial charge in [0.2, 0.25) is 25.9 Å². The van der Waals surface area contributed by atoms with Crippen molar-refractivity contribution < 1.29 is 50.8 Å². The van der Waals surface area contributed by atoms with E-state index in [2.05, 4.69) is 35.6 Å². The van der Waals surface area contributed by atoms with Crippen molar-refractivity contribution in [1.29, 1.82) is 0 Å². The van der Waals surface area contributed by atoms with Gasteiger partial charge in [-0.2, -0.15) is 9.10 Å². The van der Waals surface area contributed by atoms with Gasteiger partial charge >= 0.3 is 12.2 Å². The maximum absolute atomic E-state index is 16.5. The van der Waals surface area contributed by atoms with E-state index in [4.69, 9.17) is 25.0 Å². The molecule has 0 saturated heterocycles. The number of rotatable bonds is 24. The maximum Gasteiger partial charge on any atom is 0.404 e. The summed E-state index contributed by atoms with van der Waals surface area (Å²) in [7, 11) is -5.84. The van der Waals surface area contributed by atoms with Gasteiger partial charge in [0.1, 0.15) is 27.0 Å². The number of carboxylic acid groups (broad SMARTS) is 2. The number of ether oxygens (including phenoxy) is 3. The zero-order chi connectivity index (χ0) is 55.8. The number of tetrazole rings is 1. The number of aromatic amines is 1. The number of nitrogens with one attached hydrogen (secondary N) is 4. The van der Waals surface area contributed by atoms with Crippen LogP contribution in [0, 0.1) is 5.41 Å². The van der Waals surface area contributed by atoms with E-state index in [0.717, 1.165) is 21.5 Å². The van der Waals surface area contributed by atoms with Crippen LogP contribution in [0.15, 0.2) is 143 Å². The fourth-order valence-electron chi connectivity index (χ4n) is 9.17. The highest BCUT2D eigenvalue weighted by atomic mass is 32.2. The molecule has 6 aromatic carbocycles. The first kappa shape index (κ1) is 55.6. The maximum atomic E-state index is 16.5. The summed E-state index contributed by atoms with van der Waals surface area (Å²) < 4.78 is 85.0. The smallest absolute Gasteiger partial charge is 0.404 e. The Hall–Kier alpha value is -8.58. The number of imidazole rings is 1. The molecule has 0 aliphatic carbocycles. The molecule has 0 spiro atoms. The summed E-state index contributed by atoms with van der Waals surface area (Å²) >= 11 is 0. The van der Waals surface area contributed by atoms with Crippen LogP contribution in [0.3, 0.4) is 0 Å². The average Bonchev–Trinajstić information content (AvgIpc) is 4.08. The Labute approximate surface area is 450 Å². The van der Waals surface area contributed by atoms with E-state index < -0.39 is 66.1 Å². The molecular formula is C54H59N11O11S2. The SMILES string of the molecule is COc1ccc(CN(Cc2ccc(OC)cc2)S(=O)(=O)c2c(S(=O)(=O)N[C@H]([C@H](CNC(=O)O)NC(=O)O)C(C)(C)CCc3ccccc3)ccc(-c3cccc4[nH]c(N)nc34)c2-c2nnn(Cc3ccc(OC)cc3)n2)cc1. The molecule has 8 aromatic rings. The normalized spacial score (nSPS) is 12.7. The number of hydrogen-bond donors (Lipinski definition) is 7. The molecule has 2 amide bonds. The van der Waals surface area contributed by atoms with E-state index in [1.54, 1.807) is 105 Å². The monoisotopic (exact) mass is 1100 g/mol. The van der Waals surface area contributed by atoms with Crippen LogP contribution in [-0.2, 0) is 46.1 Å². The van der Waals surface area contributed by atoms with Crippen LogP contribution in [0.25, 0.3) is 33.5 Å². The first-order valence-electron chi connectivity index (χ1n) is 24.4. The van der Waals surface area contributed by atoms with E-state index in [1.165, 1.54) is 32.2 Å². The van der Waals surface area contributed by atoms with Crippen LogP contribution in [-0.4, -0.2) is 114 Å². The second kappa shape index (κ2) is 23.8. The third-order valence-electron chi connectivity index (χ3n) is 13.2. The summed E-state index contributed by atoms with van der Waals surface area (Å²) in [6.45, 7) is 2.26. The molecule has 2 heterocycles. The van der Waals surface area contributed by atoms with Crippen molar-refractivity contribution in [3.8, 4) is 39.8 Å². The number of fused-ring (bicyclic) bond motifs is 1. The number of nitrogens with zero attached hydrogens (tertiary/aromatic N) is 6. The second-order valence-electron chi connectivity index (χ2n) is 18.9. The number of para-hydroxylation sites is 1. The van der Waals surface area contributed by atoms with Crippen molar-refractivity contribution in [2.24, 2.45) is 5.41 Å². The van der Waals surface area contributed by atoms with Crippen LogP contribution >= 0.6 is 0 Å². The van der Waals surface area contributed by atoms with Crippen LogP contribution in [0.5, 0.6) is 17.2 Å². The highest BCUT2D eigenvalue weighted by molar-refractivity contribution is 7.92. The Kier molecular flexibility index (Phi) is 16.9. The van der Waals surface area contributed by atoms with Crippen LogP contribution < -0.4 is 35.3 Å². The van der Waals surface area contributed by atoms with Gasteiger partial charge in [-0.3, -0.25) is 0 Å². The van der Waals surface area contributed by atoms with Crippen molar-refractivity contribution in [3.05, 3.63) is 156 Å². The lowest BCUT2D eigenvalue weighted by Gasteiger charge is -2.40. The van der Waals surface area contributed by atoms with Crippen molar-refractivity contribution in [2.45, 2.75) is 68.2 Å². The van der Waals surface area contributed by atoms with Gasteiger partial charge in [-0.1, -0.05) is 98.8 Å². The molecule has 0 aliphatic heterocycles. The number of sulfonamides is 2. The summed E-state index contributed by atoms with van der Waals surface area (Å²) in [5, 5.41) is 38.0. The largest absolute Gasteiger partial charge is 0.497 e. The molecule has 8 N–H and O–H groups in total. The summed E-state index contributed by atoms with van der Waals surface area (Å²) in [6, 6.07) is 34.5. The molecule has 0 bridgehead atoms. The molecule has 408 valence electrons. The molecule has 78 heavy (non-hydrogen) atoms. The predicted molar refractivity (Wildman–Crippen MR) is 291 cm³/mol. The first-order valence-corrected chi connectivity index (χ1v) is 27.3. The lowest BCUT2D eigenvalue weighted by molar-refractivity contribution is 0.159. The van der Waals surface area contributed by atoms with Gasteiger partial charge in [-0.15, -0.1) is 10.2 Å². The minimum atomic E-state index is -5.21. The molecule has 24 heteroatoms. The fourth-order valence-corrected chi connectivity index (χ4v) is 13.0. The zero-order valence-corrected chi connectivity index (χ0v) is 44.9. The fraction of sp³-hybridized carbons (Fsp3) is 0.259. The topological polar surface area (TPSA) is 308 Å². The van der Waals surface area contributed by atoms with Gasteiger partial charge in [0, 0.05) is 31.2 Å². The number of methoxy groups -OCH3 is 3. The number of carbonyl (C=O) groups is 2. The lowest BCUT2D eigenvalue weighted by Crippen LogP contribution is -2.61. The quantitative estimate of drug-likeness (QED) is 0.0316. The lowest BCUT2D eigenvalue weighted by atomic mass is 9.76. The van der Waals surface area contributed by atoms with E-state index in [-0.39, 0.29) is 49.0 Å². The molecule has 0 fully saturated rings. The Balaban J connectivity index is 1.41. The third-order valence-corrected chi connectivity index (χ3v) is 16.7. The van der Waals surface area contributed by atoms with E-state index in [0.29, 0.717) is 51.4 Å². The Bertz CT molecular complexity index is 3570. The number of nitrogen functional groups attached to an aromatic ring is 1. The molecule has 2 aromatic heterocycles. The molecule has 8 rings (SSSR count). The summed E-state index contributed by atoms with van der Waals surface area (Å²) in [6.07, 6.45) is -2.45. The summed E-state index contributed by atoms with van der Waals surface area (Å²) in [5.41, 5.74) is 8.58. The average molecular weight is 1100 g/mol. The van der Waals surface area contributed by atoms with Gasteiger partial charge < -0.3 is 45.8 Å². The second-order valence-corrected chi connectivity index (χ2v) is 22.5. The molecule has 0 unspecified atom stereocenters. The van der Waals surface area contributed by atoms with Crippen molar-refractivity contribution in [3.63, 3.8) is 0 Å².